The standard InChI is InChI=1S/C24H19NO3/c26-15-18-5-3-8-22(13-18)27-16-19-6-4-9-23(14-19)28-17-21-12-11-20-7-1-2-10-24(20)25-21/h1-15H,16-17H2. The van der Waals surface area contributed by atoms with Crippen LogP contribution in [-0.2, 0) is 13.2 Å². The van der Waals surface area contributed by atoms with E-state index in [0.29, 0.717) is 24.5 Å². The highest BCUT2D eigenvalue weighted by Crippen LogP contribution is 2.19. The van der Waals surface area contributed by atoms with E-state index in [0.717, 1.165) is 34.2 Å². The van der Waals surface area contributed by atoms with E-state index in [4.69, 9.17) is 9.47 Å². The molecule has 0 bridgehead atoms. The zero-order valence-electron chi connectivity index (χ0n) is 15.2. The molecule has 4 nitrogen and oxygen atoms in total. The van der Waals surface area contributed by atoms with Crippen molar-refractivity contribution in [1.82, 2.24) is 4.98 Å². The fourth-order valence-corrected chi connectivity index (χ4v) is 2.92. The van der Waals surface area contributed by atoms with E-state index in [2.05, 4.69) is 11.1 Å². The molecule has 0 spiro atoms. The van der Waals surface area contributed by atoms with Crippen LogP contribution in [-0.4, -0.2) is 11.3 Å². The number of benzene rings is 3. The van der Waals surface area contributed by atoms with Gasteiger partial charge in [-0.25, -0.2) is 4.98 Å². The van der Waals surface area contributed by atoms with Crippen LogP contribution in [0.1, 0.15) is 21.6 Å². The molecule has 0 amide bonds. The summed E-state index contributed by atoms with van der Waals surface area (Å²) in [4.78, 5) is 15.5. The predicted octanol–water partition coefficient (Wildman–Crippen LogP) is 5.21. The lowest BCUT2D eigenvalue weighted by atomic mass is 10.2. The fourth-order valence-electron chi connectivity index (χ4n) is 2.92. The molecule has 0 fully saturated rings. The highest BCUT2D eigenvalue weighted by Gasteiger charge is 2.03. The van der Waals surface area contributed by atoms with Crippen LogP contribution in [0.5, 0.6) is 11.5 Å². The second-order valence-electron chi connectivity index (χ2n) is 6.41. The lowest BCUT2D eigenvalue weighted by molar-refractivity contribution is 0.112. The molecule has 0 radical (unpaired) electrons. The summed E-state index contributed by atoms with van der Waals surface area (Å²) in [5, 5.41) is 1.11. The van der Waals surface area contributed by atoms with Gasteiger partial charge in [-0.05, 0) is 42.0 Å². The summed E-state index contributed by atoms with van der Waals surface area (Å²) in [6.07, 6.45) is 0.808. The first kappa shape index (κ1) is 17.7. The molecule has 0 aliphatic heterocycles. The zero-order chi connectivity index (χ0) is 19.2. The Bertz CT molecular complexity index is 1110. The van der Waals surface area contributed by atoms with E-state index in [1.54, 1.807) is 18.2 Å². The van der Waals surface area contributed by atoms with Gasteiger partial charge in [0.05, 0.1) is 11.2 Å². The van der Waals surface area contributed by atoms with E-state index in [9.17, 15) is 4.79 Å². The van der Waals surface area contributed by atoms with E-state index < -0.39 is 0 Å². The number of hydrogen-bond acceptors (Lipinski definition) is 4. The Morgan fingerprint density at radius 3 is 2.43 bits per heavy atom. The summed E-state index contributed by atoms with van der Waals surface area (Å²) < 4.78 is 11.7. The molecule has 0 atom stereocenters. The van der Waals surface area contributed by atoms with Crippen molar-refractivity contribution < 1.29 is 14.3 Å². The van der Waals surface area contributed by atoms with Gasteiger partial charge in [0.2, 0.25) is 0 Å². The first-order chi connectivity index (χ1) is 13.8. The quantitative estimate of drug-likeness (QED) is 0.420. The largest absolute Gasteiger partial charge is 0.489 e. The van der Waals surface area contributed by atoms with Crippen LogP contribution in [0.4, 0.5) is 0 Å². The Balaban J connectivity index is 1.39. The summed E-state index contributed by atoms with van der Waals surface area (Å²) in [7, 11) is 0. The second kappa shape index (κ2) is 8.35. The Morgan fingerprint density at radius 2 is 1.54 bits per heavy atom. The van der Waals surface area contributed by atoms with Crippen molar-refractivity contribution in [3.8, 4) is 11.5 Å². The summed E-state index contributed by atoms with van der Waals surface area (Å²) in [6.45, 7) is 0.796. The third-order valence-corrected chi connectivity index (χ3v) is 4.34. The summed E-state index contributed by atoms with van der Waals surface area (Å²) in [5.41, 5.74) is 3.42. The topological polar surface area (TPSA) is 48.4 Å². The maximum absolute atomic E-state index is 10.9. The monoisotopic (exact) mass is 369 g/mol. The van der Waals surface area contributed by atoms with Gasteiger partial charge in [-0.3, -0.25) is 4.79 Å². The van der Waals surface area contributed by atoms with Crippen molar-refractivity contribution in [3.63, 3.8) is 0 Å². The molecule has 1 heterocycles. The maximum atomic E-state index is 10.9. The van der Waals surface area contributed by atoms with E-state index in [1.165, 1.54) is 0 Å². The lowest BCUT2D eigenvalue weighted by Gasteiger charge is -2.10. The van der Waals surface area contributed by atoms with Crippen molar-refractivity contribution in [2.75, 3.05) is 0 Å². The Morgan fingerprint density at radius 1 is 0.750 bits per heavy atom. The number of ether oxygens (including phenoxy) is 2. The average Bonchev–Trinajstić information content (AvgIpc) is 2.76. The first-order valence-electron chi connectivity index (χ1n) is 9.05. The number of rotatable bonds is 7. The van der Waals surface area contributed by atoms with Gasteiger partial charge in [-0.1, -0.05) is 48.5 Å². The molecule has 28 heavy (non-hydrogen) atoms. The number of aldehydes is 1. The SMILES string of the molecule is O=Cc1cccc(OCc2cccc(OCc3ccc4ccccc4n3)c2)c1. The van der Waals surface area contributed by atoms with Crippen LogP contribution in [0.25, 0.3) is 10.9 Å². The normalized spacial score (nSPS) is 10.6. The molecular weight excluding hydrogens is 350 g/mol. The number of fused-ring (bicyclic) bond motifs is 1. The number of carbonyl (C=O) groups excluding carboxylic acids is 1. The summed E-state index contributed by atoms with van der Waals surface area (Å²) in [5.74, 6) is 1.42. The number of para-hydroxylation sites is 1. The van der Waals surface area contributed by atoms with Crippen LogP contribution in [0.2, 0.25) is 0 Å². The molecule has 0 unspecified atom stereocenters. The Kier molecular flexibility index (Phi) is 5.29. The van der Waals surface area contributed by atoms with Crippen LogP contribution in [0.3, 0.4) is 0 Å². The highest BCUT2D eigenvalue weighted by molar-refractivity contribution is 5.78. The number of carbonyl (C=O) groups is 1. The molecule has 138 valence electrons. The Labute approximate surface area is 163 Å². The van der Waals surface area contributed by atoms with Crippen molar-refractivity contribution in [2.45, 2.75) is 13.2 Å². The third-order valence-electron chi connectivity index (χ3n) is 4.34. The van der Waals surface area contributed by atoms with E-state index in [1.807, 2.05) is 60.7 Å². The minimum Gasteiger partial charge on any atom is -0.489 e. The first-order valence-corrected chi connectivity index (χ1v) is 9.05. The summed E-state index contributed by atoms with van der Waals surface area (Å²) >= 11 is 0. The highest BCUT2D eigenvalue weighted by atomic mass is 16.5. The van der Waals surface area contributed by atoms with Crippen LogP contribution >= 0.6 is 0 Å². The van der Waals surface area contributed by atoms with Crippen LogP contribution in [0.15, 0.2) is 84.9 Å². The van der Waals surface area contributed by atoms with Crippen LogP contribution in [0, 0.1) is 0 Å². The second-order valence-corrected chi connectivity index (χ2v) is 6.41. The molecule has 4 heteroatoms. The van der Waals surface area contributed by atoms with Crippen molar-refractivity contribution in [2.24, 2.45) is 0 Å². The van der Waals surface area contributed by atoms with Gasteiger partial charge < -0.3 is 9.47 Å². The molecule has 0 aliphatic carbocycles. The van der Waals surface area contributed by atoms with Crippen molar-refractivity contribution >= 4 is 17.2 Å². The molecule has 0 saturated carbocycles. The van der Waals surface area contributed by atoms with Crippen molar-refractivity contribution in [3.05, 3.63) is 102 Å². The average molecular weight is 369 g/mol. The molecule has 0 saturated heterocycles. The molecule has 4 aromatic rings. The van der Waals surface area contributed by atoms with Gasteiger partial charge in [0.25, 0.3) is 0 Å². The minimum atomic E-state index is 0.397. The van der Waals surface area contributed by atoms with Gasteiger partial charge in [0, 0.05) is 10.9 Å². The minimum absolute atomic E-state index is 0.397. The lowest BCUT2D eigenvalue weighted by Crippen LogP contribution is -2.00. The van der Waals surface area contributed by atoms with E-state index >= 15 is 0 Å². The predicted molar refractivity (Wildman–Crippen MR) is 109 cm³/mol. The third kappa shape index (κ3) is 4.35. The molecule has 0 N–H and O–H groups in total. The van der Waals surface area contributed by atoms with Gasteiger partial charge >= 0.3 is 0 Å². The number of hydrogen-bond donors (Lipinski definition) is 0. The van der Waals surface area contributed by atoms with Gasteiger partial charge in [0.15, 0.2) is 0 Å². The van der Waals surface area contributed by atoms with Crippen molar-refractivity contribution in [1.29, 1.82) is 0 Å². The molecular formula is C24H19NO3. The van der Waals surface area contributed by atoms with Gasteiger partial charge in [-0.15, -0.1) is 0 Å². The number of aromatic nitrogens is 1. The Hall–Kier alpha value is -3.66. The molecule has 3 aromatic carbocycles. The maximum Gasteiger partial charge on any atom is 0.150 e. The van der Waals surface area contributed by atoms with E-state index in [-0.39, 0.29) is 0 Å². The molecule has 1 aromatic heterocycles. The van der Waals surface area contributed by atoms with Gasteiger partial charge in [0.1, 0.15) is 31.0 Å². The smallest absolute Gasteiger partial charge is 0.150 e. The molecule has 0 aliphatic rings. The fraction of sp³-hybridized carbons (Fsp3) is 0.0833. The van der Waals surface area contributed by atoms with Crippen LogP contribution < -0.4 is 9.47 Å². The zero-order valence-corrected chi connectivity index (χ0v) is 15.2. The number of pyridine rings is 1. The number of nitrogens with zero attached hydrogens (tertiary/aromatic N) is 1. The van der Waals surface area contributed by atoms with Gasteiger partial charge in [-0.2, -0.15) is 0 Å². The summed E-state index contributed by atoms with van der Waals surface area (Å²) in [6, 6.07) is 26.9. The molecule has 4 rings (SSSR count).